The number of benzene rings is 1. The normalized spacial score (nSPS) is 14.9. The molecule has 0 aromatic heterocycles. The van der Waals surface area contributed by atoms with E-state index in [4.69, 9.17) is 4.74 Å². The lowest BCUT2D eigenvalue weighted by molar-refractivity contribution is -0.723. The second-order valence-corrected chi connectivity index (χ2v) is 3.69. The van der Waals surface area contributed by atoms with Gasteiger partial charge >= 0.3 is 5.97 Å². The molecule has 0 radical (unpaired) electrons. The Kier molecular flexibility index (Phi) is 3.95. The summed E-state index contributed by atoms with van der Waals surface area (Å²) >= 11 is 0. The van der Waals surface area contributed by atoms with Crippen molar-refractivity contribution in [1.82, 2.24) is 5.01 Å². The van der Waals surface area contributed by atoms with Crippen LogP contribution < -0.4 is 0 Å². The predicted octanol–water partition coefficient (Wildman–Crippen LogP) is 1.32. The summed E-state index contributed by atoms with van der Waals surface area (Å²) in [7, 11) is 0. The first-order chi connectivity index (χ1) is 8.77. The van der Waals surface area contributed by atoms with Crippen molar-refractivity contribution in [3.05, 3.63) is 41.1 Å². The van der Waals surface area contributed by atoms with Crippen LogP contribution in [0.25, 0.3) is 0 Å². The molecule has 2 rings (SSSR count). The molecule has 1 saturated heterocycles. The highest BCUT2D eigenvalue weighted by Gasteiger charge is 2.21. The van der Waals surface area contributed by atoms with Gasteiger partial charge in [-0.05, 0) is 18.6 Å². The summed E-state index contributed by atoms with van der Waals surface area (Å²) in [6.07, 6.45) is 0.969. The molecule has 1 aliphatic rings. The highest BCUT2D eigenvalue weighted by atomic mass is 16.8. The summed E-state index contributed by atoms with van der Waals surface area (Å²) in [4.78, 5) is 16.4. The van der Waals surface area contributed by atoms with Crippen molar-refractivity contribution in [2.75, 3.05) is 19.9 Å². The Morgan fingerprint density at radius 1 is 1.39 bits per heavy atom. The third kappa shape index (κ3) is 3.09. The van der Waals surface area contributed by atoms with Crippen LogP contribution in [0.4, 0.5) is 0 Å². The SMILES string of the molecule is O=C(OCON=[N+]([O-])N1CCC1)c1ccccc1. The molecule has 0 atom stereocenters. The van der Waals surface area contributed by atoms with Crippen molar-refractivity contribution >= 4 is 5.97 Å². The number of nitrogens with zero attached hydrogens (tertiary/aromatic N) is 3. The summed E-state index contributed by atoms with van der Waals surface area (Å²) in [6, 6.07) is 8.50. The van der Waals surface area contributed by atoms with Gasteiger partial charge in [-0.15, -0.1) is 5.01 Å². The fourth-order valence-corrected chi connectivity index (χ4v) is 1.33. The van der Waals surface area contributed by atoms with Crippen LogP contribution in [0, 0.1) is 5.21 Å². The van der Waals surface area contributed by atoms with E-state index in [-0.39, 0.29) is 6.79 Å². The quantitative estimate of drug-likeness (QED) is 0.197. The number of esters is 1. The van der Waals surface area contributed by atoms with E-state index in [1.54, 1.807) is 30.3 Å². The number of hydrazine groups is 1. The Balaban J connectivity index is 1.70. The van der Waals surface area contributed by atoms with Crippen LogP contribution in [0.1, 0.15) is 16.8 Å². The number of rotatable bonds is 5. The summed E-state index contributed by atoms with van der Waals surface area (Å²) in [5.74, 6) is -0.521. The van der Waals surface area contributed by atoms with Gasteiger partial charge in [0, 0.05) is 0 Å². The lowest BCUT2D eigenvalue weighted by Gasteiger charge is -2.24. The van der Waals surface area contributed by atoms with Crippen LogP contribution >= 0.6 is 0 Å². The van der Waals surface area contributed by atoms with Crippen molar-refractivity contribution < 1.29 is 19.3 Å². The average Bonchev–Trinajstić information content (AvgIpc) is 2.33. The van der Waals surface area contributed by atoms with Gasteiger partial charge in [0.1, 0.15) is 0 Å². The smallest absolute Gasteiger partial charge is 0.341 e. The Labute approximate surface area is 104 Å². The summed E-state index contributed by atoms with van der Waals surface area (Å²) in [6.45, 7) is 0.945. The number of carbonyl (C=O) groups excluding carboxylic acids is 1. The molecule has 0 bridgehead atoms. The molecule has 1 aliphatic heterocycles. The lowest BCUT2D eigenvalue weighted by atomic mass is 10.2. The minimum atomic E-state index is -0.521. The van der Waals surface area contributed by atoms with Crippen molar-refractivity contribution in [1.29, 1.82) is 0 Å². The van der Waals surface area contributed by atoms with E-state index < -0.39 is 5.97 Å². The molecule has 1 aromatic rings. The first kappa shape index (κ1) is 12.2. The van der Waals surface area contributed by atoms with E-state index in [0.29, 0.717) is 23.6 Å². The molecule has 0 amide bonds. The van der Waals surface area contributed by atoms with Crippen LogP contribution in [0.15, 0.2) is 35.6 Å². The first-order valence-corrected chi connectivity index (χ1v) is 5.54. The van der Waals surface area contributed by atoms with Gasteiger partial charge in [0.15, 0.2) is 0 Å². The van der Waals surface area contributed by atoms with E-state index in [2.05, 4.69) is 10.1 Å². The Hall–Kier alpha value is -2.31. The Morgan fingerprint density at radius 2 is 2.11 bits per heavy atom. The van der Waals surface area contributed by atoms with Crippen LogP contribution in [0.3, 0.4) is 0 Å². The topological polar surface area (TPSA) is 77.2 Å². The van der Waals surface area contributed by atoms with Gasteiger partial charge in [-0.2, -0.15) is 0 Å². The third-order valence-electron chi connectivity index (χ3n) is 2.45. The van der Waals surface area contributed by atoms with Crippen molar-refractivity contribution in [3.63, 3.8) is 0 Å². The van der Waals surface area contributed by atoms with E-state index in [9.17, 15) is 10.0 Å². The molecule has 18 heavy (non-hydrogen) atoms. The number of carbonyl (C=O) groups is 1. The van der Waals surface area contributed by atoms with Gasteiger partial charge < -0.3 is 14.8 Å². The zero-order valence-electron chi connectivity index (χ0n) is 9.69. The fraction of sp³-hybridized carbons (Fsp3) is 0.364. The second kappa shape index (κ2) is 5.85. The lowest BCUT2D eigenvalue weighted by Crippen LogP contribution is -2.42. The van der Waals surface area contributed by atoms with E-state index >= 15 is 0 Å². The standard InChI is InChI=1S/C11H13N3O4/c15-11(10-5-2-1-3-6-10)17-9-18-12-14(16)13-7-4-8-13/h1-3,5-6H,4,7-9H2. The summed E-state index contributed by atoms with van der Waals surface area (Å²) in [5, 5.41) is 15.8. The maximum absolute atomic E-state index is 11.4. The third-order valence-corrected chi connectivity index (χ3v) is 2.45. The van der Waals surface area contributed by atoms with Crippen molar-refractivity contribution in [3.8, 4) is 0 Å². The van der Waals surface area contributed by atoms with Gasteiger partial charge in [0.2, 0.25) is 5.28 Å². The molecule has 1 fully saturated rings. The van der Waals surface area contributed by atoms with Crippen molar-refractivity contribution in [2.45, 2.75) is 6.42 Å². The number of hydrogen-bond acceptors (Lipinski definition) is 5. The van der Waals surface area contributed by atoms with E-state index in [1.807, 2.05) is 0 Å². The van der Waals surface area contributed by atoms with E-state index in [1.165, 1.54) is 5.01 Å². The molecule has 96 valence electrons. The van der Waals surface area contributed by atoms with Gasteiger partial charge in [-0.3, -0.25) is 0 Å². The molecule has 0 N–H and O–H groups in total. The summed E-state index contributed by atoms with van der Waals surface area (Å²) in [5.41, 5.74) is 0.419. The Bertz CT molecular complexity index is 431. The largest absolute Gasteiger partial charge is 0.569 e. The van der Waals surface area contributed by atoms with Gasteiger partial charge in [0.25, 0.3) is 6.79 Å². The molecule has 1 heterocycles. The zero-order chi connectivity index (χ0) is 12.8. The van der Waals surface area contributed by atoms with Crippen LogP contribution in [-0.4, -0.2) is 35.8 Å². The van der Waals surface area contributed by atoms with Gasteiger partial charge in [-0.1, -0.05) is 18.2 Å². The fourth-order valence-electron chi connectivity index (χ4n) is 1.33. The van der Waals surface area contributed by atoms with Crippen molar-refractivity contribution in [2.24, 2.45) is 5.28 Å². The number of ether oxygens (including phenoxy) is 1. The second-order valence-electron chi connectivity index (χ2n) is 3.69. The van der Waals surface area contributed by atoms with Crippen LogP contribution in [-0.2, 0) is 9.57 Å². The highest BCUT2D eigenvalue weighted by molar-refractivity contribution is 5.89. The monoisotopic (exact) mass is 251 g/mol. The Morgan fingerprint density at radius 3 is 2.72 bits per heavy atom. The van der Waals surface area contributed by atoms with Gasteiger partial charge in [-0.25, -0.2) is 4.79 Å². The maximum Gasteiger partial charge on any atom is 0.341 e. The molecular formula is C11H13N3O4. The first-order valence-electron chi connectivity index (χ1n) is 5.54. The van der Waals surface area contributed by atoms with Gasteiger partial charge in [0.05, 0.1) is 23.6 Å². The minimum Gasteiger partial charge on any atom is -0.569 e. The summed E-state index contributed by atoms with van der Waals surface area (Å²) < 4.78 is 4.77. The number of hydrogen-bond donors (Lipinski definition) is 0. The molecule has 0 aliphatic carbocycles. The maximum atomic E-state index is 11.4. The molecule has 0 saturated carbocycles. The predicted molar refractivity (Wildman–Crippen MR) is 60.1 cm³/mol. The molecule has 0 spiro atoms. The molecular weight excluding hydrogens is 238 g/mol. The van der Waals surface area contributed by atoms with E-state index in [0.717, 1.165) is 6.42 Å². The zero-order valence-corrected chi connectivity index (χ0v) is 9.69. The molecule has 7 nitrogen and oxygen atoms in total. The van der Waals surface area contributed by atoms with Crippen LogP contribution in [0.5, 0.6) is 0 Å². The average molecular weight is 251 g/mol. The van der Waals surface area contributed by atoms with Crippen LogP contribution in [0.2, 0.25) is 0 Å². The molecule has 7 heteroatoms. The highest BCUT2D eigenvalue weighted by Crippen LogP contribution is 2.05. The minimum absolute atomic E-state index is 0.361. The molecule has 1 aromatic carbocycles. The molecule has 0 unspecified atom stereocenters.